The zero-order chi connectivity index (χ0) is 32.9. The molecule has 2 amide bonds. The third-order valence-corrected chi connectivity index (χ3v) is 9.17. The molecule has 244 valence electrons. The highest BCUT2D eigenvalue weighted by atomic mass is 19.4. The van der Waals surface area contributed by atoms with Crippen LogP contribution in [-0.2, 0) is 26.7 Å². The minimum Gasteiger partial charge on any atom is -0.451 e. The quantitative estimate of drug-likeness (QED) is 0.129. The molecule has 1 aromatic carbocycles. The molecule has 1 aromatic rings. The third-order valence-electron chi connectivity index (χ3n) is 9.17. The van der Waals surface area contributed by atoms with Gasteiger partial charge in [-0.25, -0.2) is 14.8 Å². The van der Waals surface area contributed by atoms with Crippen LogP contribution < -0.4 is 16.8 Å². The summed E-state index contributed by atoms with van der Waals surface area (Å²) in [7, 11) is 0. The Morgan fingerprint density at radius 3 is 2.22 bits per heavy atom. The molecule has 6 rings (SSSR count). The van der Waals surface area contributed by atoms with E-state index in [0.717, 1.165) is 22.6 Å². The Balaban J connectivity index is 1.31. The van der Waals surface area contributed by atoms with Crippen molar-refractivity contribution < 1.29 is 55.7 Å². The first-order valence-electron chi connectivity index (χ1n) is 13.9. The van der Waals surface area contributed by atoms with Crippen molar-refractivity contribution in [3.05, 3.63) is 34.9 Å². The van der Waals surface area contributed by atoms with Gasteiger partial charge in [0.05, 0.1) is 47.7 Å². The first-order chi connectivity index (χ1) is 20.9. The Labute approximate surface area is 249 Å². The second-order valence-electron chi connectivity index (χ2n) is 11.7. The van der Waals surface area contributed by atoms with Crippen LogP contribution in [-0.4, -0.2) is 92.4 Å². The standard InChI is InChI=1S/C26H27F6N7O6/c27-25(28,29)10-5-6-14(26(30,31)32)13(7-10)20(42)45-16-9-39-22(34)35-15(17-23(39,24(16,43)44)37-21(33)36-17)8-38-18(40)11-3-1-2-4-12(11)19(38)41/h5-7,11-12,15-17,43-44H,1-4,8-9H2,(H2,34,35)(H3,33,36,37)/t11?,12?,15-,16-,17?,23?/m0/s1. The number of halogens is 6. The molecule has 7 N–H and O–H groups in total. The van der Waals surface area contributed by atoms with Crippen LogP contribution in [0.25, 0.3) is 0 Å². The molecule has 0 bridgehead atoms. The summed E-state index contributed by atoms with van der Waals surface area (Å²) in [6.07, 6.45) is -9.92. The summed E-state index contributed by atoms with van der Waals surface area (Å²) in [5.41, 5.74) is 4.96. The predicted octanol–water partition coefficient (Wildman–Crippen LogP) is 0.101. The number of fused-ring (bicyclic) bond motifs is 1. The molecule has 13 nitrogen and oxygen atoms in total. The molecule has 4 aliphatic heterocycles. The van der Waals surface area contributed by atoms with Crippen molar-refractivity contribution in [2.24, 2.45) is 33.3 Å². The van der Waals surface area contributed by atoms with Crippen LogP contribution in [0.3, 0.4) is 0 Å². The first-order valence-corrected chi connectivity index (χ1v) is 13.9. The molecule has 3 fully saturated rings. The smallest absolute Gasteiger partial charge is 0.417 e. The maximum Gasteiger partial charge on any atom is 0.417 e. The maximum absolute atomic E-state index is 13.7. The molecular formula is C26H27F6N7O6. The number of rotatable bonds is 4. The van der Waals surface area contributed by atoms with E-state index in [1.165, 1.54) is 0 Å². The molecule has 1 aliphatic carbocycles. The minimum absolute atomic E-state index is 0.0482. The van der Waals surface area contributed by atoms with Crippen LogP contribution in [0.15, 0.2) is 28.2 Å². The number of guanidine groups is 2. The molecule has 0 radical (unpaired) electrons. The largest absolute Gasteiger partial charge is 0.451 e. The van der Waals surface area contributed by atoms with E-state index in [2.05, 4.69) is 15.3 Å². The van der Waals surface area contributed by atoms with Gasteiger partial charge in [0.1, 0.15) is 6.04 Å². The fraction of sp³-hybridized carbons (Fsp3) is 0.577. The van der Waals surface area contributed by atoms with Gasteiger partial charge in [-0.15, -0.1) is 0 Å². The van der Waals surface area contributed by atoms with Gasteiger partial charge in [-0.1, -0.05) is 12.8 Å². The lowest BCUT2D eigenvalue weighted by molar-refractivity contribution is -0.256. The third kappa shape index (κ3) is 4.57. The van der Waals surface area contributed by atoms with Crippen LogP contribution >= 0.6 is 0 Å². The van der Waals surface area contributed by atoms with E-state index in [4.69, 9.17) is 16.2 Å². The van der Waals surface area contributed by atoms with Crippen molar-refractivity contribution >= 4 is 29.7 Å². The van der Waals surface area contributed by atoms with Crippen molar-refractivity contribution in [1.29, 1.82) is 0 Å². The first kappa shape index (κ1) is 30.9. The number of benzene rings is 1. The second-order valence-corrected chi connectivity index (χ2v) is 11.7. The van der Waals surface area contributed by atoms with E-state index in [9.17, 15) is 50.9 Å². The van der Waals surface area contributed by atoms with Crippen LogP contribution in [0.4, 0.5) is 26.3 Å². The number of aliphatic hydroxyl groups is 2. The summed E-state index contributed by atoms with van der Waals surface area (Å²) in [5, 5.41) is 25.6. The Morgan fingerprint density at radius 1 is 1.02 bits per heavy atom. The molecule has 1 saturated carbocycles. The number of hydrogen-bond acceptors (Lipinski definition) is 12. The summed E-state index contributed by atoms with van der Waals surface area (Å²) in [6.45, 7) is -1.09. The minimum atomic E-state index is -5.27. The average Bonchev–Trinajstić information content (AvgIpc) is 3.51. The molecule has 2 saturated heterocycles. The number of nitrogens with two attached hydrogens (primary N) is 2. The van der Waals surface area contributed by atoms with Gasteiger partial charge in [-0.3, -0.25) is 14.5 Å². The SMILES string of the molecule is NC1=NC2[C@H](CN3C(=O)C4CCCCC4C3=O)N=C(N)N3C[C@H](OC(=O)c4cc(C(F)(F)F)ccc4C(F)(F)F)C(O)(O)C23N1. The van der Waals surface area contributed by atoms with E-state index in [1.807, 2.05) is 0 Å². The van der Waals surface area contributed by atoms with Crippen molar-refractivity contribution in [1.82, 2.24) is 15.1 Å². The zero-order valence-corrected chi connectivity index (χ0v) is 23.1. The van der Waals surface area contributed by atoms with Crippen molar-refractivity contribution in [3.63, 3.8) is 0 Å². The van der Waals surface area contributed by atoms with Crippen LogP contribution in [0, 0.1) is 11.8 Å². The van der Waals surface area contributed by atoms with Crippen molar-refractivity contribution in [3.8, 4) is 0 Å². The van der Waals surface area contributed by atoms with Crippen LogP contribution in [0.2, 0.25) is 0 Å². The van der Waals surface area contributed by atoms with E-state index in [1.54, 1.807) is 0 Å². The van der Waals surface area contributed by atoms with E-state index >= 15 is 0 Å². The summed E-state index contributed by atoms with van der Waals surface area (Å²) in [5.74, 6) is -7.82. The van der Waals surface area contributed by atoms with E-state index < -0.39 is 101 Å². The lowest BCUT2D eigenvalue weighted by Crippen LogP contribution is -2.77. The summed E-state index contributed by atoms with van der Waals surface area (Å²) in [4.78, 5) is 49.8. The molecule has 0 aromatic heterocycles. The zero-order valence-electron chi connectivity index (χ0n) is 23.1. The second kappa shape index (κ2) is 9.93. The predicted molar refractivity (Wildman–Crippen MR) is 138 cm³/mol. The fourth-order valence-corrected chi connectivity index (χ4v) is 7.10. The molecule has 19 heteroatoms. The highest BCUT2D eigenvalue weighted by molar-refractivity contribution is 6.05. The number of alkyl halides is 6. The number of amides is 2. The molecule has 1 spiro atoms. The number of nitrogens with zero attached hydrogens (tertiary/aromatic N) is 4. The summed E-state index contributed by atoms with van der Waals surface area (Å²) >= 11 is 0. The summed E-state index contributed by atoms with van der Waals surface area (Å²) in [6, 6.07) is -2.43. The van der Waals surface area contributed by atoms with Gasteiger partial charge < -0.3 is 36.6 Å². The number of carbonyl (C=O) groups excluding carboxylic acids is 3. The normalized spacial score (nSPS) is 32.4. The number of likely N-dealkylation sites (tertiary alicyclic amines) is 1. The van der Waals surface area contributed by atoms with E-state index in [0.29, 0.717) is 12.8 Å². The fourth-order valence-electron chi connectivity index (χ4n) is 7.10. The number of esters is 1. The topological polar surface area (TPSA) is 196 Å². The number of ether oxygens (including phenoxy) is 1. The van der Waals surface area contributed by atoms with Gasteiger partial charge in [-0.2, -0.15) is 26.3 Å². The van der Waals surface area contributed by atoms with E-state index in [-0.39, 0.29) is 30.7 Å². The number of carbonyl (C=O) groups is 3. The Hall–Kier alpha value is -4.13. The van der Waals surface area contributed by atoms with Crippen LogP contribution in [0.5, 0.6) is 0 Å². The highest BCUT2D eigenvalue weighted by Gasteiger charge is 2.74. The van der Waals surface area contributed by atoms with Gasteiger partial charge in [0.2, 0.25) is 17.6 Å². The molecule has 6 atom stereocenters. The monoisotopic (exact) mass is 647 g/mol. The molecule has 45 heavy (non-hydrogen) atoms. The molecular weight excluding hydrogens is 620 g/mol. The molecule has 4 unspecified atom stereocenters. The number of hydrogen-bond donors (Lipinski definition) is 5. The Bertz CT molecular complexity index is 1510. The van der Waals surface area contributed by atoms with Crippen LogP contribution in [0.1, 0.15) is 47.2 Å². The highest BCUT2D eigenvalue weighted by Crippen LogP contribution is 2.47. The number of imide groups is 1. The maximum atomic E-state index is 13.7. The van der Waals surface area contributed by atoms with Gasteiger partial charge in [0.15, 0.2) is 23.7 Å². The number of nitrogens with one attached hydrogen (secondary N) is 1. The van der Waals surface area contributed by atoms with Gasteiger partial charge in [-0.05, 0) is 31.0 Å². The lowest BCUT2D eigenvalue weighted by Gasteiger charge is -2.48. The molecule has 5 aliphatic rings. The van der Waals surface area contributed by atoms with Crippen molar-refractivity contribution in [2.45, 2.75) is 67.7 Å². The Kier molecular flexibility index (Phi) is 6.82. The van der Waals surface area contributed by atoms with Gasteiger partial charge in [0, 0.05) is 0 Å². The number of aliphatic imine (C=N–C) groups is 2. The van der Waals surface area contributed by atoms with Gasteiger partial charge in [0.25, 0.3) is 0 Å². The molecule has 4 heterocycles. The lowest BCUT2D eigenvalue weighted by atomic mass is 9.81. The van der Waals surface area contributed by atoms with Gasteiger partial charge >= 0.3 is 18.3 Å². The average molecular weight is 648 g/mol. The van der Waals surface area contributed by atoms with Crippen molar-refractivity contribution in [2.75, 3.05) is 13.1 Å². The Morgan fingerprint density at radius 2 is 1.64 bits per heavy atom. The summed E-state index contributed by atoms with van der Waals surface area (Å²) < 4.78 is 85.9.